The Labute approximate surface area is 237 Å². The number of aromatic nitrogens is 2. The number of amides is 1. The Morgan fingerprint density at radius 1 is 0.780 bits per heavy atom. The molecule has 9 heteroatoms. The monoisotopic (exact) mass is 552 g/mol. The molecule has 208 valence electrons. The van der Waals surface area contributed by atoms with Crippen molar-refractivity contribution in [2.75, 3.05) is 26.2 Å². The van der Waals surface area contributed by atoms with E-state index in [9.17, 15) is 18.8 Å². The third kappa shape index (κ3) is 7.26. The second-order valence-corrected chi connectivity index (χ2v) is 9.91. The van der Waals surface area contributed by atoms with Gasteiger partial charge in [-0.15, -0.1) is 0 Å². The molecule has 0 bridgehead atoms. The molecule has 0 unspecified atom stereocenters. The first kappa shape index (κ1) is 27.8. The lowest BCUT2D eigenvalue weighted by atomic mass is 10.1. The first-order chi connectivity index (χ1) is 19.8. The summed E-state index contributed by atoms with van der Waals surface area (Å²) in [5.41, 5.74) is 3.06. The molecule has 1 fully saturated rings. The van der Waals surface area contributed by atoms with Gasteiger partial charge in [0.2, 0.25) is 5.88 Å². The Hall–Kier alpha value is -4.76. The van der Waals surface area contributed by atoms with E-state index in [-0.39, 0.29) is 29.7 Å². The summed E-state index contributed by atoms with van der Waals surface area (Å²) < 4.78 is 18.8. The van der Waals surface area contributed by atoms with Crippen LogP contribution in [0.25, 0.3) is 0 Å². The molecule has 4 aromatic rings. The van der Waals surface area contributed by atoms with E-state index in [0.29, 0.717) is 66.7 Å². The average Bonchev–Trinajstić information content (AvgIpc) is 3.00. The number of benzene rings is 2. The van der Waals surface area contributed by atoms with Crippen molar-refractivity contribution >= 4 is 17.5 Å². The van der Waals surface area contributed by atoms with Crippen molar-refractivity contribution in [3.8, 4) is 11.6 Å². The molecule has 1 aliphatic rings. The summed E-state index contributed by atoms with van der Waals surface area (Å²) in [6.45, 7) is 4.77. The molecule has 1 saturated heterocycles. The van der Waals surface area contributed by atoms with Gasteiger partial charge in [-0.3, -0.25) is 24.3 Å². The van der Waals surface area contributed by atoms with Crippen LogP contribution >= 0.6 is 0 Å². The molecule has 0 aliphatic carbocycles. The molecule has 1 amide bonds. The zero-order valence-electron chi connectivity index (χ0n) is 22.6. The number of hydrogen-bond donors (Lipinski definition) is 0. The molecule has 41 heavy (non-hydrogen) atoms. The van der Waals surface area contributed by atoms with Crippen molar-refractivity contribution < 1.29 is 23.5 Å². The number of rotatable bonds is 9. The van der Waals surface area contributed by atoms with E-state index in [2.05, 4.69) is 14.9 Å². The Balaban J connectivity index is 1.11. The number of piperazine rings is 1. The highest BCUT2D eigenvalue weighted by molar-refractivity contribution is 5.98. The minimum atomic E-state index is -0.253. The Morgan fingerprint density at radius 2 is 1.46 bits per heavy atom. The van der Waals surface area contributed by atoms with Crippen LogP contribution in [0.5, 0.6) is 11.6 Å². The molecule has 1 aliphatic heterocycles. The van der Waals surface area contributed by atoms with Crippen LogP contribution in [0.15, 0.2) is 85.2 Å². The van der Waals surface area contributed by atoms with Gasteiger partial charge >= 0.3 is 0 Å². The Morgan fingerprint density at radius 3 is 2.07 bits per heavy atom. The Kier molecular flexibility index (Phi) is 8.55. The molecule has 2 aromatic heterocycles. The maximum Gasteiger partial charge on any atom is 0.272 e. The molecule has 3 heterocycles. The SMILES string of the molecule is CC(=O)c1ccc(Oc2ccc(CC(=O)c3ccc(C(=O)N4CCN(Cc5ccc(F)cc5)CC4)nc3)cn2)cc1. The van der Waals surface area contributed by atoms with Gasteiger partial charge in [-0.25, -0.2) is 9.37 Å². The molecule has 2 aromatic carbocycles. The fourth-order valence-electron chi connectivity index (χ4n) is 4.55. The molecule has 0 spiro atoms. The minimum Gasteiger partial charge on any atom is -0.439 e. The van der Waals surface area contributed by atoms with E-state index in [1.54, 1.807) is 71.8 Å². The number of carbonyl (C=O) groups excluding carboxylic acids is 3. The van der Waals surface area contributed by atoms with Crippen LogP contribution in [0.4, 0.5) is 4.39 Å². The van der Waals surface area contributed by atoms with E-state index in [4.69, 9.17) is 4.74 Å². The smallest absolute Gasteiger partial charge is 0.272 e. The number of pyridine rings is 2. The molecule has 5 rings (SSSR count). The molecule has 0 saturated carbocycles. The van der Waals surface area contributed by atoms with Crippen molar-refractivity contribution in [2.24, 2.45) is 0 Å². The fourth-order valence-corrected chi connectivity index (χ4v) is 4.55. The topological polar surface area (TPSA) is 92.7 Å². The van der Waals surface area contributed by atoms with E-state index >= 15 is 0 Å². The molecule has 0 N–H and O–H groups in total. The lowest BCUT2D eigenvalue weighted by Crippen LogP contribution is -2.48. The highest BCUT2D eigenvalue weighted by Crippen LogP contribution is 2.21. The first-order valence-electron chi connectivity index (χ1n) is 13.3. The molecular formula is C32H29FN4O4. The van der Waals surface area contributed by atoms with Crippen molar-refractivity contribution in [3.63, 3.8) is 0 Å². The number of nitrogens with zero attached hydrogens (tertiary/aromatic N) is 4. The quantitative estimate of drug-likeness (QED) is 0.270. The van der Waals surface area contributed by atoms with Crippen LogP contribution in [0.2, 0.25) is 0 Å². The van der Waals surface area contributed by atoms with Crippen LogP contribution in [0, 0.1) is 5.82 Å². The van der Waals surface area contributed by atoms with Gasteiger partial charge in [-0.1, -0.05) is 18.2 Å². The predicted octanol–water partition coefficient (Wildman–Crippen LogP) is 4.99. The van der Waals surface area contributed by atoms with Gasteiger partial charge in [-0.05, 0) is 66.6 Å². The molecular weight excluding hydrogens is 523 g/mol. The van der Waals surface area contributed by atoms with Gasteiger partial charge < -0.3 is 9.64 Å². The summed E-state index contributed by atoms with van der Waals surface area (Å²) in [6.07, 6.45) is 3.15. The van der Waals surface area contributed by atoms with Gasteiger partial charge in [0, 0.05) is 68.7 Å². The average molecular weight is 553 g/mol. The second-order valence-electron chi connectivity index (χ2n) is 9.91. The van der Waals surface area contributed by atoms with E-state index < -0.39 is 0 Å². The summed E-state index contributed by atoms with van der Waals surface area (Å²) >= 11 is 0. The van der Waals surface area contributed by atoms with Gasteiger partial charge in [0.15, 0.2) is 11.6 Å². The number of ketones is 2. The highest BCUT2D eigenvalue weighted by Gasteiger charge is 2.23. The summed E-state index contributed by atoms with van der Waals surface area (Å²) in [6, 6.07) is 19.9. The van der Waals surface area contributed by atoms with E-state index in [1.807, 2.05) is 0 Å². The van der Waals surface area contributed by atoms with Crippen molar-refractivity contribution in [2.45, 2.75) is 19.9 Å². The largest absolute Gasteiger partial charge is 0.439 e. The van der Waals surface area contributed by atoms with Gasteiger partial charge in [0.25, 0.3) is 5.91 Å². The van der Waals surface area contributed by atoms with Crippen LogP contribution in [0.1, 0.15) is 49.3 Å². The summed E-state index contributed by atoms with van der Waals surface area (Å²) in [7, 11) is 0. The number of Topliss-reactive ketones (excluding diaryl/α,β-unsaturated/α-hetero) is 2. The van der Waals surface area contributed by atoms with E-state index in [0.717, 1.165) is 5.56 Å². The molecule has 8 nitrogen and oxygen atoms in total. The highest BCUT2D eigenvalue weighted by atomic mass is 19.1. The van der Waals surface area contributed by atoms with Crippen molar-refractivity contribution in [3.05, 3.63) is 119 Å². The standard InChI is InChI=1S/C32H29FN4O4/c1-22(38)25-5-10-28(11-6-25)41-31-13-4-24(19-35-31)18-30(39)26-7-12-29(34-20-26)32(40)37-16-14-36(15-17-37)21-23-2-8-27(33)9-3-23/h2-13,19-20H,14-18,21H2,1H3. The predicted molar refractivity (Wildman–Crippen MR) is 151 cm³/mol. The summed E-state index contributed by atoms with van der Waals surface area (Å²) in [4.78, 5) is 49.7. The maximum absolute atomic E-state index is 13.1. The molecule has 0 atom stereocenters. The van der Waals surface area contributed by atoms with Gasteiger partial charge in [0.05, 0.1) is 0 Å². The third-order valence-electron chi connectivity index (χ3n) is 6.93. The van der Waals surface area contributed by atoms with E-state index in [1.165, 1.54) is 25.3 Å². The number of carbonyl (C=O) groups is 3. The van der Waals surface area contributed by atoms with Gasteiger partial charge in [-0.2, -0.15) is 0 Å². The number of ether oxygens (including phenoxy) is 1. The zero-order chi connectivity index (χ0) is 28.8. The van der Waals surface area contributed by atoms with Crippen LogP contribution < -0.4 is 4.74 Å². The van der Waals surface area contributed by atoms with Crippen molar-refractivity contribution in [1.82, 2.24) is 19.8 Å². The lowest BCUT2D eigenvalue weighted by Gasteiger charge is -2.34. The summed E-state index contributed by atoms with van der Waals surface area (Å²) in [5, 5.41) is 0. The second kappa shape index (κ2) is 12.6. The van der Waals surface area contributed by atoms with Crippen LogP contribution in [-0.2, 0) is 13.0 Å². The van der Waals surface area contributed by atoms with Gasteiger partial charge in [0.1, 0.15) is 17.3 Å². The Bertz CT molecular complexity index is 1510. The lowest BCUT2D eigenvalue weighted by molar-refractivity contribution is 0.0622. The number of hydrogen-bond acceptors (Lipinski definition) is 7. The zero-order valence-corrected chi connectivity index (χ0v) is 22.6. The fraction of sp³-hybridized carbons (Fsp3) is 0.219. The first-order valence-corrected chi connectivity index (χ1v) is 13.3. The third-order valence-corrected chi connectivity index (χ3v) is 6.93. The normalized spacial score (nSPS) is 13.6. The van der Waals surface area contributed by atoms with Crippen LogP contribution in [-0.4, -0.2) is 63.4 Å². The maximum atomic E-state index is 13.1. The van der Waals surface area contributed by atoms with Crippen LogP contribution in [0.3, 0.4) is 0 Å². The minimum absolute atomic E-state index is 0.0190. The molecule has 0 radical (unpaired) electrons. The summed E-state index contributed by atoms with van der Waals surface area (Å²) in [5.74, 6) is 0.352. The van der Waals surface area contributed by atoms with Crippen molar-refractivity contribution in [1.29, 1.82) is 0 Å². The number of halogens is 1.